The molecule has 68 valence electrons. The third-order valence-corrected chi connectivity index (χ3v) is 2.35. The van der Waals surface area contributed by atoms with Crippen molar-refractivity contribution in [2.24, 2.45) is 0 Å². The zero-order valence-corrected chi connectivity index (χ0v) is 9.40. The maximum Gasteiger partial charge on any atom is 0.145 e. The highest BCUT2D eigenvalue weighted by molar-refractivity contribution is 7.28. The Labute approximate surface area is 80.3 Å². The lowest BCUT2D eigenvalue weighted by Crippen LogP contribution is -1.96. The molecule has 0 aliphatic rings. The minimum absolute atomic E-state index is 0.199. The average Bonchev–Trinajstić information content (AvgIpc) is 2.12. The van der Waals surface area contributed by atoms with Crippen molar-refractivity contribution in [1.82, 2.24) is 0 Å². The van der Waals surface area contributed by atoms with Crippen LogP contribution in [0.25, 0.3) is 0 Å². The zero-order chi connectivity index (χ0) is 9.72. The van der Waals surface area contributed by atoms with Gasteiger partial charge in [-0.15, -0.1) is 9.24 Å². The first-order chi connectivity index (χ1) is 5.63. The Morgan fingerprint density at radius 3 is 2.25 bits per heavy atom. The van der Waals surface area contributed by atoms with Crippen LogP contribution in [0.5, 0.6) is 0 Å². The van der Waals surface area contributed by atoms with Crippen molar-refractivity contribution < 1.29 is 4.39 Å². The van der Waals surface area contributed by atoms with E-state index in [1.165, 1.54) is 0 Å². The third kappa shape index (κ3) is 2.73. The lowest BCUT2D eigenvalue weighted by atomic mass is 10.2. The molecule has 0 aliphatic heterocycles. The summed E-state index contributed by atoms with van der Waals surface area (Å²) < 4.78 is 12.8. The van der Waals surface area contributed by atoms with Gasteiger partial charge in [-0.2, -0.15) is 0 Å². The Morgan fingerprint density at radius 1 is 1.33 bits per heavy atom. The summed E-state index contributed by atoms with van der Waals surface area (Å²) in [5.41, 5.74) is 0.580. The lowest BCUT2D eigenvalue weighted by Gasteiger charge is -2.00. The van der Waals surface area contributed by atoms with Gasteiger partial charge in [0.25, 0.3) is 0 Å². The van der Waals surface area contributed by atoms with Crippen molar-refractivity contribution >= 4 is 26.1 Å². The Morgan fingerprint density at radius 2 is 1.83 bits per heavy atom. The first-order valence-corrected chi connectivity index (χ1v) is 4.78. The van der Waals surface area contributed by atoms with Gasteiger partial charge < -0.3 is 0 Å². The van der Waals surface area contributed by atoms with E-state index in [0.29, 0.717) is 10.9 Å². The van der Waals surface area contributed by atoms with Crippen LogP contribution in [0, 0.1) is 12.7 Å². The van der Waals surface area contributed by atoms with Crippen LogP contribution in [0.4, 0.5) is 4.39 Å². The standard InChI is InChI=1S/C7H7ClFP.C2H6/c1-4-2-3-5(10)6(8)7(4)9;1-2/h2-3H,10H2,1H3;1-2H3. The summed E-state index contributed by atoms with van der Waals surface area (Å²) in [7, 11) is 2.37. The van der Waals surface area contributed by atoms with E-state index in [9.17, 15) is 4.39 Å². The van der Waals surface area contributed by atoms with Crippen molar-refractivity contribution in [2.75, 3.05) is 0 Å². The SMILES string of the molecule is CC.Cc1ccc(P)c(Cl)c1F. The highest BCUT2D eigenvalue weighted by Gasteiger charge is 2.04. The summed E-state index contributed by atoms with van der Waals surface area (Å²) in [6.07, 6.45) is 0. The predicted molar refractivity (Wildman–Crippen MR) is 56.8 cm³/mol. The van der Waals surface area contributed by atoms with Gasteiger partial charge in [0.1, 0.15) is 5.82 Å². The smallest absolute Gasteiger partial charge is 0.145 e. The van der Waals surface area contributed by atoms with E-state index >= 15 is 0 Å². The van der Waals surface area contributed by atoms with E-state index in [2.05, 4.69) is 9.24 Å². The highest BCUT2D eigenvalue weighted by atomic mass is 35.5. The number of benzene rings is 1. The Bertz CT molecular complexity index is 234. The molecule has 0 bridgehead atoms. The molecule has 0 N–H and O–H groups in total. The first kappa shape index (κ1) is 11.9. The van der Waals surface area contributed by atoms with E-state index in [4.69, 9.17) is 11.6 Å². The molecule has 0 nitrogen and oxygen atoms in total. The molecule has 0 aromatic heterocycles. The summed E-state index contributed by atoms with van der Waals surface area (Å²) in [5.74, 6) is -0.325. The number of hydrogen-bond acceptors (Lipinski definition) is 0. The molecule has 1 atom stereocenters. The van der Waals surface area contributed by atoms with Gasteiger partial charge in [0.15, 0.2) is 0 Å². The van der Waals surface area contributed by atoms with Crippen molar-refractivity contribution in [3.63, 3.8) is 0 Å². The molecule has 1 unspecified atom stereocenters. The van der Waals surface area contributed by atoms with Crippen LogP contribution in [0.15, 0.2) is 12.1 Å². The molecular weight excluding hydrogens is 194 g/mol. The summed E-state index contributed by atoms with van der Waals surface area (Å²) >= 11 is 5.59. The van der Waals surface area contributed by atoms with E-state index in [1.807, 2.05) is 13.8 Å². The van der Waals surface area contributed by atoms with Gasteiger partial charge in [0, 0.05) is 0 Å². The summed E-state index contributed by atoms with van der Waals surface area (Å²) in [5, 5.41) is 0.898. The highest BCUT2D eigenvalue weighted by Crippen LogP contribution is 2.16. The predicted octanol–water partition coefficient (Wildman–Crippen LogP) is 3.31. The average molecular weight is 207 g/mol. The van der Waals surface area contributed by atoms with E-state index < -0.39 is 0 Å². The van der Waals surface area contributed by atoms with E-state index in [1.54, 1.807) is 19.1 Å². The summed E-state index contributed by atoms with van der Waals surface area (Å²) in [4.78, 5) is 0. The second kappa shape index (κ2) is 5.50. The third-order valence-electron chi connectivity index (χ3n) is 1.31. The maximum absolute atomic E-state index is 12.8. The molecule has 0 fully saturated rings. The van der Waals surface area contributed by atoms with Crippen molar-refractivity contribution in [3.8, 4) is 0 Å². The van der Waals surface area contributed by atoms with Crippen LogP contribution in [0.1, 0.15) is 19.4 Å². The Kier molecular flexibility index (Phi) is 5.44. The molecule has 3 heteroatoms. The van der Waals surface area contributed by atoms with Gasteiger partial charge in [0.2, 0.25) is 0 Å². The first-order valence-electron chi connectivity index (χ1n) is 3.83. The fourth-order valence-electron chi connectivity index (χ4n) is 0.661. The van der Waals surface area contributed by atoms with Crippen LogP contribution in [-0.2, 0) is 0 Å². The minimum Gasteiger partial charge on any atom is -0.205 e. The van der Waals surface area contributed by atoms with Crippen LogP contribution < -0.4 is 5.30 Å². The molecule has 1 rings (SSSR count). The molecule has 12 heavy (non-hydrogen) atoms. The maximum atomic E-state index is 12.8. The molecule has 1 aromatic carbocycles. The molecule has 0 radical (unpaired) electrons. The van der Waals surface area contributed by atoms with Gasteiger partial charge in [-0.1, -0.05) is 37.6 Å². The van der Waals surface area contributed by atoms with Gasteiger partial charge in [-0.25, -0.2) is 4.39 Å². The summed E-state index contributed by atoms with van der Waals surface area (Å²) in [6, 6.07) is 3.47. The number of halogens is 2. The monoisotopic (exact) mass is 206 g/mol. The van der Waals surface area contributed by atoms with Crippen LogP contribution in [0.3, 0.4) is 0 Å². The number of rotatable bonds is 0. The van der Waals surface area contributed by atoms with Gasteiger partial charge >= 0.3 is 0 Å². The Balaban J connectivity index is 0.000000561. The molecule has 0 spiro atoms. The van der Waals surface area contributed by atoms with Crippen molar-refractivity contribution in [3.05, 3.63) is 28.5 Å². The largest absolute Gasteiger partial charge is 0.205 e. The molecular formula is C9H13ClFP. The fourth-order valence-corrected chi connectivity index (χ4v) is 1.10. The minimum atomic E-state index is -0.325. The van der Waals surface area contributed by atoms with Crippen LogP contribution in [-0.4, -0.2) is 0 Å². The zero-order valence-electron chi connectivity index (χ0n) is 7.49. The molecule has 0 saturated carbocycles. The number of aryl methyl sites for hydroxylation is 1. The van der Waals surface area contributed by atoms with E-state index in [-0.39, 0.29) is 10.8 Å². The van der Waals surface area contributed by atoms with E-state index in [0.717, 1.165) is 0 Å². The lowest BCUT2D eigenvalue weighted by molar-refractivity contribution is 0.620. The normalized spacial score (nSPS) is 8.83. The topological polar surface area (TPSA) is 0 Å². The second-order valence-corrected chi connectivity index (χ2v) is 3.10. The molecule has 0 heterocycles. The van der Waals surface area contributed by atoms with Gasteiger partial charge in [-0.05, 0) is 17.8 Å². The van der Waals surface area contributed by atoms with Crippen LogP contribution in [0.2, 0.25) is 5.02 Å². The van der Waals surface area contributed by atoms with Gasteiger partial charge in [-0.3, -0.25) is 0 Å². The fraction of sp³-hybridized carbons (Fsp3) is 0.333. The van der Waals surface area contributed by atoms with Gasteiger partial charge in [0.05, 0.1) is 5.02 Å². The number of hydrogen-bond donors (Lipinski definition) is 0. The van der Waals surface area contributed by atoms with Crippen molar-refractivity contribution in [2.45, 2.75) is 20.8 Å². The van der Waals surface area contributed by atoms with Crippen molar-refractivity contribution in [1.29, 1.82) is 0 Å². The molecule has 0 amide bonds. The second-order valence-electron chi connectivity index (χ2n) is 2.10. The quantitative estimate of drug-likeness (QED) is 0.572. The molecule has 0 saturated heterocycles. The molecule has 0 aliphatic carbocycles. The molecule has 1 aromatic rings. The Hall–Kier alpha value is -0.130. The summed E-state index contributed by atoms with van der Waals surface area (Å²) in [6.45, 7) is 5.69. The van der Waals surface area contributed by atoms with Crippen LogP contribution >= 0.6 is 20.8 Å².